The molecule has 1 aromatic rings. The Morgan fingerprint density at radius 2 is 2.00 bits per heavy atom. The second-order valence-corrected chi connectivity index (χ2v) is 5.29. The fraction of sp³-hybridized carbons (Fsp3) is 0.500. The van der Waals surface area contributed by atoms with Gasteiger partial charge in [-0.05, 0) is 32.4 Å². The lowest BCUT2D eigenvalue weighted by Crippen LogP contribution is -2.41. The van der Waals surface area contributed by atoms with Crippen LogP contribution in [0.4, 0.5) is 5.69 Å². The van der Waals surface area contributed by atoms with E-state index in [0.29, 0.717) is 6.42 Å². The number of carbonyl (C=O) groups is 2. The lowest BCUT2D eigenvalue weighted by Gasteiger charge is -2.34. The van der Waals surface area contributed by atoms with E-state index < -0.39 is 0 Å². The van der Waals surface area contributed by atoms with Crippen LogP contribution in [-0.4, -0.2) is 31.4 Å². The zero-order valence-electron chi connectivity index (χ0n) is 12.3. The third-order valence-electron chi connectivity index (χ3n) is 4.10. The van der Waals surface area contributed by atoms with E-state index in [4.69, 9.17) is 4.74 Å². The molecule has 108 valence electrons. The van der Waals surface area contributed by atoms with Crippen LogP contribution in [0.25, 0.3) is 0 Å². The van der Waals surface area contributed by atoms with Gasteiger partial charge in [0.15, 0.2) is 5.78 Å². The number of para-hydroxylation sites is 1. The van der Waals surface area contributed by atoms with Crippen LogP contribution in [0.15, 0.2) is 24.3 Å². The van der Waals surface area contributed by atoms with Crippen molar-refractivity contribution in [3.05, 3.63) is 29.8 Å². The van der Waals surface area contributed by atoms with Crippen molar-refractivity contribution >= 4 is 17.4 Å². The van der Waals surface area contributed by atoms with Gasteiger partial charge in [0.05, 0.1) is 13.0 Å². The molecule has 1 aromatic carbocycles. The minimum atomic E-state index is -0.235. The minimum Gasteiger partial charge on any atom is -0.469 e. The fourth-order valence-corrected chi connectivity index (χ4v) is 2.70. The number of anilines is 1. The van der Waals surface area contributed by atoms with Crippen LogP contribution in [-0.2, 0) is 9.53 Å². The van der Waals surface area contributed by atoms with E-state index in [1.807, 2.05) is 38.1 Å². The number of esters is 1. The highest BCUT2D eigenvalue weighted by Crippen LogP contribution is 2.29. The number of ketones is 1. The first kappa shape index (κ1) is 14.6. The summed E-state index contributed by atoms with van der Waals surface area (Å²) in [5, 5.41) is 0. The van der Waals surface area contributed by atoms with Gasteiger partial charge in [-0.15, -0.1) is 0 Å². The number of fused-ring (bicyclic) bond motifs is 1. The Balaban J connectivity index is 2.34. The minimum absolute atomic E-state index is 0.00509. The van der Waals surface area contributed by atoms with Gasteiger partial charge in [-0.3, -0.25) is 9.59 Å². The molecule has 0 spiro atoms. The molecule has 4 nitrogen and oxygen atoms in total. The summed E-state index contributed by atoms with van der Waals surface area (Å²) < 4.78 is 4.83. The molecule has 2 rings (SSSR count). The normalized spacial score (nSPS) is 17.9. The number of hydrogen-bond acceptors (Lipinski definition) is 4. The summed E-state index contributed by atoms with van der Waals surface area (Å²) in [5.41, 5.74) is 1.69. The summed E-state index contributed by atoms with van der Waals surface area (Å²) in [6.45, 7) is 4.66. The van der Waals surface area contributed by atoms with Crippen molar-refractivity contribution in [2.45, 2.75) is 32.7 Å². The first-order valence-electron chi connectivity index (χ1n) is 7.03. The summed E-state index contributed by atoms with van der Waals surface area (Å²) in [6, 6.07) is 7.63. The number of benzene rings is 1. The van der Waals surface area contributed by atoms with Gasteiger partial charge in [-0.1, -0.05) is 12.1 Å². The van der Waals surface area contributed by atoms with Crippen molar-refractivity contribution in [2.75, 3.05) is 18.6 Å². The van der Waals surface area contributed by atoms with Crippen molar-refractivity contribution in [3.8, 4) is 0 Å². The predicted octanol–water partition coefficient (Wildman–Crippen LogP) is 2.67. The largest absolute Gasteiger partial charge is 0.469 e. The van der Waals surface area contributed by atoms with Crippen molar-refractivity contribution in [3.63, 3.8) is 0 Å². The molecule has 0 radical (unpaired) electrons. The second-order valence-electron chi connectivity index (χ2n) is 5.29. The number of carbonyl (C=O) groups excluding carboxylic acids is 2. The average Bonchev–Trinajstić information content (AvgIpc) is 2.65. The molecule has 0 amide bonds. The van der Waals surface area contributed by atoms with E-state index in [0.717, 1.165) is 24.2 Å². The molecule has 0 saturated carbocycles. The molecule has 2 unspecified atom stereocenters. The maximum atomic E-state index is 12.1. The van der Waals surface area contributed by atoms with Gasteiger partial charge in [0.25, 0.3) is 0 Å². The van der Waals surface area contributed by atoms with Gasteiger partial charge < -0.3 is 9.64 Å². The van der Waals surface area contributed by atoms with E-state index in [1.165, 1.54) is 7.11 Å². The lowest BCUT2D eigenvalue weighted by molar-refractivity contribution is -0.145. The molecule has 0 N–H and O–H groups in total. The van der Waals surface area contributed by atoms with Crippen molar-refractivity contribution < 1.29 is 14.3 Å². The predicted molar refractivity (Wildman–Crippen MR) is 78.0 cm³/mol. The molecule has 0 aliphatic carbocycles. The molecule has 0 aromatic heterocycles. The quantitative estimate of drug-likeness (QED) is 0.796. The Kier molecular flexibility index (Phi) is 4.42. The molecule has 1 aliphatic rings. The Hall–Kier alpha value is -1.84. The number of methoxy groups -OCH3 is 1. The van der Waals surface area contributed by atoms with Crippen molar-refractivity contribution in [1.82, 2.24) is 0 Å². The molecule has 1 heterocycles. The highest BCUT2D eigenvalue weighted by Gasteiger charge is 2.30. The average molecular weight is 275 g/mol. The standard InChI is InChI=1S/C16H21NO3/c1-11(16(19)20-3)12(2)17-10-6-9-15(18)13-7-4-5-8-14(13)17/h4-5,7-8,11-12H,6,9-10H2,1-3H3. The summed E-state index contributed by atoms with van der Waals surface area (Å²) in [4.78, 5) is 26.0. The molecule has 0 fully saturated rings. The summed E-state index contributed by atoms with van der Waals surface area (Å²) >= 11 is 0. The first-order valence-corrected chi connectivity index (χ1v) is 7.03. The monoisotopic (exact) mass is 275 g/mol. The summed E-state index contributed by atoms with van der Waals surface area (Å²) in [6.07, 6.45) is 1.37. The molecule has 0 saturated heterocycles. The molecular formula is C16H21NO3. The zero-order chi connectivity index (χ0) is 14.7. The van der Waals surface area contributed by atoms with E-state index >= 15 is 0 Å². The van der Waals surface area contributed by atoms with Crippen molar-refractivity contribution in [1.29, 1.82) is 0 Å². The van der Waals surface area contributed by atoms with Gasteiger partial charge in [0.2, 0.25) is 0 Å². The van der Waals surface area contributed by atoms with Crippen molar-refractivity contribution in [2.24, 2.45) is 5.92 Å². The number of Topliss-reactive ketones (excluding diaryl/α,β-unsaturated/α-hetero) is 1. The van der Waals surface area contributed by atoms with Crippen LogP contribution in [0, 0.1) is 5.92 Å². The van der Waals surface area contributed by atoms with Crippen LogP contribution in [0.1, 0.15) is 37.0 Å². The lowest BCUT2D eigenvalue weighted by atomic mass is 10.0. The van der Waals surface area contributed by atoms with E-state index in [1.54, 1.807) is 0 Å². The molecule has 20 heavy (non-hydrogen) atoms. The Morgan fingerprint density at radius 3 is 2.70 bits per heavy atom. The second kappa shape index (κ2) is 6.07. The maximum Gasteiger partial charge on any atom is 0.310 e. The first-order chi connectivity index (χ1) is 9.56. The van der Waals surface area contributed by atoms with Crippen LogP contribution >= 0.6 is 0 Å². The number of hydrogen-bond donors (Lipinski definition) is 0. The topological polar surface area (TPSA) is 46.6 Å². The smallest absolute Gasteiger partial charge is 0.310 e. The van der Waals surface area contributed by atoms with Gasteiger partial charge in [-0.25, -0.2) is 0 Å². The highest BCUT2D eigenvalue weighted by molar-refractivity contribution is 6.02. The third kappa shape index (κ3) is 2.69. The summed E-state index contributed by atoms with van der Waals surface area (Å²) in [7, 11) is 1.41. The Morgan fingerprint density at radius 1 is 1.30 bits per heavy atom. The van der Waals surface area contributed by atoms with E-state index in [-0.39, 0.29) is 23.7 Å². The van der Waals surface area contributed by atoms with Gasteiger partial charge in [0, 0.05) is 30.3 Å². The van der Waals surface area contributed by atoms with E-state index in [9.17, 15) is 9.59 Å². The fourth-order valence-electron chi connectivity index (χ4n) is 2.70. The zero-order valence-corrected chi connectivity index (χ0v) is 12.3. The van der Waals surface area contributed by atoms with E-state index in [2.05, 4.69) is 4.90 Å². The highest BCUT2D eigenvalue weighted by atomic mass is 16.5. The summed E-state index contributed by atoms with van der Waals surface area (Å²) in [5.74, 6) is -0.271. The number of nitrogens with zero attached hydrogens (tertiary/aromatic N) is 1. The number of rotatable bonds is 3. The SMILES string of the molecule is COC(=O)C(C)C(C)N1CCCC(=O)c2ccccc21. The van der Waals surface area contributed by atoms with Gasteiger partial charge >= 0.3 is 5.97 Å². The van der Waals surface area contributed by atoms with Crippen LogP contribution in [0.5, 0.6) is 0 Å². The van der Waals surface area contributed by atoms with Gasteiger partial charge in [0.1, 0.15) is 0 Å². The molecule has 1 aliphatic heterocycles. The maximum absolute atomic E-state index is 12.1. The molecule has 4 heteroatoms. The third-order valence-corrected chi connectivity index (χ3v) is 4.10. The Bertz CT molecular complexity index is 512. The molecular weight excluding hydrogens is 254 g/mol. The number of ether oxygens (including phenoxy) is 1. The van der Waals surface area contributed by atoms with Gasteiger partial charge in [-0.2, -0.15) is 0 Å². The van der Waals surface area contributed by atoms with Crippen LogP contribution in [0.3, 0.4) is 0 Å². The van der Waals surface area contributed by atoms with Crippen LogP contribution in [0.2, 0.25) is 0 Å². The molecule has 0 bridgehead atoms. The molecule has 2 atom stereocenters. The van der Waals surface area contributed by atoms with Crippen LogP contribution < -0.4 is 4.90 Å². The Labute approximate surface area is 119 Å².